The number of nitrogens with zero attached hydrogens (tertiary/aromatic N) is 2. The number of aliphatic imine (C=N–C) groups is 1. The summed E-state index contributed by atoms with van der Waals surface area (Å²) >= 11 is 12.1. The maximum atomic E-state index is 6.07. The summed E-state index contributed by atoms with van der Waals surface area (Å²) in [6.07, 6.45) is 0.875. The van der Waals surface area contributed by atoms with Crippen molar-refractivity contribution < 1.29 is 4.74 Å². The quantitative estimate of drug-likeness (QED) is 0.362. The Morgan fingerprint density at radius 2 is 2.00 bits per heavy atom. The third-order valence-electron chi connectivity index (χ3n) is 3.72. The molecule has 1 aromatic heterocycles. The standard InChI is InChI=1S/C17H22Cl2N4O.HI/c1-20-17(22-11-13-10-15(18)16(19)23(13)2)21-8-7-12-5-4-6-14(9-12)24-3;/h4-6,9-10H,7-8,11H2,1-3H3,(H2,20,21,22);1H. The van der Waals surface area contributed by atoms with Gasteiger partial charge in [-0.1, -0.05) is 35.3 Å². The lowest BCUT2D eigenvalue weighted by molar-refractivity contribution is 0.414. The first-order valence-corrected chi connectivity index (χ1v) is 8.37. The van der Waals surface area contributed by atoms with Gasteiger partial charge in [-0.3, -0.25) is 4.99 Å². The molecule has 5 nitrogen and oxygen atoms in total. The van der Waals surface area contributed by atoms with Gasteiger partial charge in [-0.25, -0.2) is 0 Å². The molecule has 2 rings (SSSR count). The van der Waals surface area contributed by atoms with Crippen LogP contribution in [0.25, 0.3) is 0 Å². The summed E-state index contributed by atoms with van der Waals surface area (Å²) in [5.41, 5.74) is 2.19. The van der Waals surface area contributed by atoms with E-state index in [0.29, 0.717) is 16.7 Å². The van der Waals surface area contributed by atoms with Crippen LogP contribution in [0, 0.1) is 0 Å². The summed E-state index contributed by atoms with van der Waals surface area (Å²) in [6.45, 7) is 1.35. The number of benzene rings is 1. The summed E-state index contributed by atoms with van der Waals surface area (Å²) in [7, 11) is 5.29. The Morgan fingerprint density at radius 1 is 1.24 bits per heavy atom. The van der Waals surface area contributed by atoms with E-state index in [-0.39, 0.29) is 24.0 Å². The van der Waals surface area contributed by atoms with Crippen LogP contribution in [0.5, 0.6) is 5.75 Å². The van der Waals surface area contributed by atoms with Crippen LogP contribution in [-0.4, -0.2) is 31.2 Å². The average molecular weight is 497 g/mol. The maximum Gasteiger partial charge on any atom is 0.191 e. The average Bonchev–Trinajstić information content (AvgIpc) is 2.85. The van der Waals surface area contributed by atoms with Crippen molar-refractivity contribution in [1.82, 2.24) is 15.2 Å². The van der Waals surface area contributed by atoms with Crippen LogP contribution in [0.15, 0.2) is 35.3 Å². The second-order valence-electron chi connectivity index (χ2n) is 5.29. The van der Waals surface area contributed by atoms with Gasteiger partial charge in [-0.15, -0.1) is 24.0 Å². The highest BCUT2D eigenvalue weighted by atomic mass is 127. The Morgan fingerprint density at radius 3 is 2.60 bits per heavy atom. The first-order valence-electron chi connectivity index (χ1n) is 7.62. The molecular weight excluding hydrogens is 474 g/mol. The third-order valence-corrected chi connectivity index (χ3v) is 4.56. The van der Waals surface area contributed by atoms with Gasteiger partial charge in [0, 0.05) is 26.3 Å². The van der Waals surface area contributed by atoms with Crippen LogP contribution in [0.3, 0.4) is 0 Å². The largest absolute Gasteiger partial charge is 0.497 e. The smallest absolute Gasteiger partial charge is 0.191 e. The zero-order chi connectivity index (χ0) is 17.5. The lowest BCUT2D eigenvalue weighted by Gasteiger charge is -2.12. The number of hydrogen-bond donors (Lipinski definition) is 2. The number of nitrogens with one attached hydrogen (secondary N) is 2. The van der Waals surface area contributed by atoms with Crippen molar-refractivity contribution in [2.24, 2.45) is 12.0 Å². The van der Waals surface area contributed by atoms with Crippen molar-refractivity contribution >= 4 is 53.1 Å². The van der Waals surface area contributed by atoms with E-state index in [1.807, 2.05) is 35.9 Å². The van der Waals surface area contributed by atoms with E-state index < -0.39 is 0 Å². The topological polar surface area (TPSA) is 50.6 Å². The van der Waals surface area contributed by atoms with Gasteiger partial charge in [0.2, 0.25) is 0 Å². The highest BCUT2D eigenvalue weighted by Gasteiger charge is 2.09. The zero-order valence-corrected chi connectivity index (χ0v) is 18.3. The van der Waals surface area contributed by atoms with Crippen molar-refractivity contribution in [1.29, 1.82) is 0 Å². The van der Waals surface area contributed by atoms with Crippen molar-refractivity contribution in [2.75, 3.05) is 20.7 Å². The van der Waals surface area contributed by atoms with Crippen LogP contribution in [-0.2, 0) is 20.0 Å². The highest BCUT2D eigenvalue weighted by Crippen LogP contribution is 2.24. The summed E-state index contributed by atoms with van der Waals surface area (Å²) in [6, 6.07) is 9.89. The summed E-state index contributed by atoms with van der Waals surface area (Å²) < 4.78 is 7.08. The Balaban J connectivity index is 0.00000312. The van der Waals surface area contributed by atoms with E-state index in [0.717, 1.165) is 30.4 Å². The molecule has 2 aromatic rings. The second-order valence-corrected chi connectivity index (χ2v) is 6.05. The van der Waals surface area contributed by atoms with Gasteiger partial charge < -0.3 is 19.9 Å². The molecule has 0 fully saturated rings. The predicted molar refractivity (Wildman–Crippen MR) is 116 cm³/mol. The predicted octanol–water partition coefficient (Wildman–Crippen LogP) is 3.87. The molecule has 1 aromatic carbocycles. The first kappa shape index (κ1) is 21.9. The van der Waals surface area contributed by atoms with E-state index in [1.165, 1.54) is 5.56 Å². The van der Waals surface area contributed by atoms with Crippen molar-refractivity contribution in [2.45, 2.75) is 13.0 Å². The van der Waals surface area contributed by atoms with E-state index in [1.54, 1.807) is 14.2 Å². The zero-order valence-electron chi connectivity index (χ0n) is 14.5. The van der Waals surface area contributed by atoms with Crippen LogP contribution >= 0.6 is 47.2 Å². The molecule has 0 bridgehead atoms. The SMILES string of the molecule is CN=C(NCCc1cccc(OC)c1)NCc1cc(Cl)c(Cl)n1C.I. The molecule has 0 saturated heterocycles. The Hall–Kier alpha value is -1.12. The van der Waals surface area contributed by atoms with Crippen LogP contribution in [0.4, 0.5) is 0 Å². The van der Waals surface area contributed by atoms with Gasteiger partial charge in [-0.05, 0) is 30.2 Å². The van der Waals surface area contributed by atoms with Crippen molar-refractivity contribution in [3.05, 3.63) is 51.8 Å². The van der Waals surface area contributed by atoms with Crippen LogP contribution in [0.1, 0.15) is 11.3 Å². The molecule has 0 saturated carbocycles. The minimum atomic E-state index is 0. The fourth-order valence-corrected chi connectivity index (χ4v) is 2.72. The minimum absolute atomic E-state index is 0. The van der Waals surface area contributed by atoms with Gasteiger partial charge in [0.15, 0.2) is 5.96 Å². The number of aromatic nitrogens is 1. The number of methoxy groups -OCH3 is 1. The Kier molecular flexibility index (Phi) is 9.45. The summed E-state index contributed by atoms with van der Waals surface area (Å²) in [5.74, 6) is 1.60. The van der Waals surface area contributed by atoms with Gasteiger partial charge in [0.25, 0.3) is 0 Å². The molecule has 1 heterocycles. The van der Waals surface area contributed by atoms with Gasteiger partial charge in [-0.2, -0.15) is 0 Å². The van der Waals surface area contributed by atoms with E-state index in [2.05, 4.69) is 21.7 Å². The molecule has 0 aliphatic rings. The normalized spacial score (nSPS) is 11.0. The molecule has 0 aliphatic carbocycles. The molecule has 0 unspecified atom stereocenters. The van der Waals surface area contributed by atoms with E-state index in [9.17, 15) is 0 Å². The van der Waals surface area contributed by atoms with Crippen molar-refractivity contribution in [3.63, 3.8) is 0 Å². The lowest BCUT2D eigenvalue weighted by atomic mass is 10.1. The molecule has 25 heavy (non-hydrogen) atoms. The number of halogens is 3. The minimum Gasteiger partial charge on any atom is -0.497 e. The molecule has 0 amide bonds. The van der Waals surface area contributed by atoms with Gasteiger partial charge in [0.1, 0.15) is 10.9 Å². The van der Waals surface area contributed by atoms with E-state index >= 15 is 0 Å². The second kappa shape index (κ2) is 10.8. The maximum absolute atomic E-state index is 6.07. The van der Waals surface area contributed by atoms with Crippen molar-refractivity contribution in [3.8, 4) is 5.75 Å². The van der Waals surface area contributed by atoms with Gasteiger partial charge in [0.05, 0.1) is 18.7 Å². The molecule has 138 valence electrons. The van der Waals surface area contributed by atoms with Crippen LogP contribution in [0.2, 0.25) is 10.2 Å². The summed E-state index contributed by atoms with van der Waals surface area (Å²) in [4.78, 5) is 4.22. The molecule has 0 atom stereocenters. The molecule has 0 spiro atoms. The van der Waals surface area contributed by atoms with E-state index in [4.69, 9.17) is 27.9 Å². The third kappa shape index (κ3) is 6.27. The molecule has 2 N–H and O–H groups in total. The molecule has 0 aliphatic heterocycles. The van der Waals surface area contributed by atoms with Crippen LogP contribution < -0.4 is 15.4 Å². The van der Waals surface area contributed by atoms with Gasteiger partial charge >= 0.3 is 0 Å². The fraction of sp³-hybridized carbons (Fsp3) is 0.353. The molecular formula is C17H23Cl2IN4O. The monoisotopic (exact) mass is 496 g/mol. The Bertz CT molecular complexity index is 719. The number of ether oxygens (including phenoxy) is 1. The fourth-order valence-electron chi connectivity index (χ4n) is 2.31. The number of rotatable bonds is 6. The number of hydrogen-bond acceptors (Lipinski definition) is 2. The molecule has 0 radical (unpaired) electrons. The lowest BCUT2D eigenvalue weighted by Crippen LogP contribution is -2.38. The summed E-state index contributed by atoms with van der Waals surface area (Å²) in [5, 5.41) is 7.63. The first-order chi connectivity index (χ1) is 11.5. The Labute approximate surface area is 175 Å². The highest BCUT2D eigenvalue weighted by molar-refractivity contribution is 14.0. The molecule has 8 heteroatoms. The number of guanidine groups is 1.